The van der Waals surface area contributed by atoms with Crippen molar-refractivity contribution >= 4 is 5.91 Å². The first-order chi connectivity index (χ1) is 9.22. The van der Waals surface area contributed by atoms with Gasteiger partial charge in [-0.2, -0.15) is 0 Å². The van der Waals surface area contributed by atoms with E-state index >= 15 is 0 Å². The number of aliphatic hydroxyl groups is 1. The molecule has 1 heterocycles. The topological polar surface area (TPSA) is 53.4 Å². The molecule has 19 heavy (non-hydrogen) atoms. The molecule has 1 aromatic heterocycles. The SMILES string of the molecule is CN(CC1CC1)C(=O)c1ccncc1C#CCCO. The zero-order valence-corrected chi connectivity index (χ0v) is 11.1. The fraction of sp³-hybridized carbons (Fsp3) is 0.467. The summed E-state index contributed by atoms with van der Waals surface area (Å²) in [5.41, 5.74) is 1.21. The minimum atomic E-state index is -0.0115. The number of rotatable bonds is 4. The Bertz CT molecular complexity index is 512. The zero-order chi connectivity index (χ0) is 13.7. The molecular formula is C15H18N2O2. The van der Waals surface area contributed by atoms with Gasteiger partial charge in [-0.25, -0.2) is 0 Å². The van der Waals surface area contributed by atoms with E-state index in [0.29, 0.717) is 23.5 Å². The van der Waals surface area contributed by atoms with Crippen molar-refractivity contribution < 1.29 is 9.90 Å². The molecule has 1 aliphatic rings. The summed E-state index contributed by atoms with van der Waals surface area (Å²) in [4.78, 5) is 18.1. The first-order valence-corrected chi connectivity index (χ1v) is 6.51. The second kappa shape index (κ2) is 6.35. The maximum absolute atomic E-state index is 12.3. The van der Waals surface area contributed by atoms with Crippen molar-refractivity contribution in [1.82, 2.24) is 9.88 Å². The van der Waals surface area contributed by atoms with Crippen molar-refractivity contribution in [2.45, 2.75) is 19.3 Å². The summed E-state index contributed by atoms with van der Waals surface area (Å²) in [6.45, 7) is 0.836. The highest BCUT2D eigenvalue weighted by molar-refractivity contribution is 5.96. The Balaban J connectivity index is 2.13. The molecule has 4 nitrogen and oxygen atoms in total. The number of nitrogens with zero attached hydrogens (tertiary/aromatic N) is 2. The lowest BCUT2D eigenvalue weighted by Gasteiger charge is -2.17. The van der Waals surface area contributed by atoms with Crippen LogP contribution < -0.4 is 0 Å². The molecule has 0 aromatic carbocycles. The van der Waals surface area contributed by atoms with Gasteiger partial charge in [0.15, 0.2) is 0 Å². The van der Waals surface area contributed by atoms with Gasteiger partial charge in [0.1, 0.15) is 0 Å². The highest BCUT2D eigenvalue weighted by Crippen LogP contribution is 2.29. The second-order valence-corrected chi connectivity index (χ2v) is 4.83. The number of aromatic nitrogens is 1. The third-order valence-corrected chi connectivity index (χ3v) is 3.09. The summed E-state index contributed by atoms with van der Waals surface area (Å²) in [5.74, 6) is 6.38. The minimum Gasteiger partial charge on any atom is -0.395 e. The monoisotopic (exact) mass is 258 g/mol. The number of hydrogen-bond acceptors (Lipinski definition) is 3. The molecule has 1 N–H and O–H groups in total. The van der Waals surface area contributed by atoms with Gasteiger partial charge in [0.25, 0.3) is 5.91 Å². The zero-order valence-electron chi connectivity index (χ0n) is 11.1. The maximum atomic E-state index is 12.3. The number of hydrogen-bond donors (Lipinski definition) is 1. The molecule has 100 valence electrons. The minimum absolute atomic E-state index is 0.0115. The van der Waals surface area contributed by atoms with E-state index in [4.69, 9.17) is 5.11 Å². The standard InChI is InChI=1S/C15H18N2O2/c1-17(11-12-5-6-12)15(19)14-7-8-16-10-13(14)4-2-3-9-18/h7-8,10,12,18H,3,5-6,9,11H2,1H3. The van der Waals surface area contributed by atoms with Gasteiger partial charge >= 0.3 is 0 Å². The van der Waals surface area contributed by atoms with Crippen LogP contribution in [0.25, 0.3) is 0 Å². The summed E-state index contributed by atoms with van der Waals surface area (Å²) in [7, 11) is 1.83. The lowest BCUT2D eigenvalue weighted by atomic mass is 10.1. The van der Waals surface area contributed by atoms with Crippen LogP contribution in [-0.2, 0) is 0 Å². The second-order valence-electron chi connectivity index (χ2n) is 4.83. The van der Waals surface area contributed by atoms with E-state index in [9.17, 15) is 4.79 Å². The number of pyridine rings is 1. The normalized spacial score (nSPS) is 13.6. The summed E-state index contributed by atoms with van der Waals surface area (Å²) >= 11 is 0. The molecule has 0 spiro atoms. The van der Waals surface area contributed by atoms with E-state index in [1.807, 2.05) is 7.05 Å². The van der Waals surface area contributed by atoms with Gasteiger partial charge in [-0.15, -0.1) is 0 Å². The lowest BCUT2D eigenvalue weighted by Crippen LogP contribution is -2.29. The van der Waals surface area contributed by atoms with Crippen molar-refractivity contribution in [2.24, 2.45) is 5.92 Å². The average Bonchev–Trinajstić information content (AvgIpc) is 3.23. The van der Waals surface area contributed by atoms with E-state index in [1.165, 1.54) is 12.8 Å². The molecule has 0 unspecified atom stereocenters. The summed E-state index contributed by atoms with van der Waals surface area (Å²) in [6, 6.07) is 1.70. The Labute approximate surface area is 113 Å². The van der Waals surface area contributed by atoms with Gasteiger partial charge < -0.3 is 10.0 Å². The lowest BCUT2D eigenvalue weighted by molar-refractivity contribution is 0.0788. The number of carbonyl (C=O) groups is 1. The van der Waals surface area contributed by atoms with Crippen molar-refractivity contribution in [1.29, 1.82) is 0 Å². The average molecular weight is 258 g/mol. The smallest absolute Gasteiger partial charge is 0.254 e. The van der Waals surface area contributed by atoms with Crippen LogP contribution in [0.3, 0.4) is 0 Å². The Kier molecular flexibility index (Phi) is 4.53. The summed E-state index contributed by atoms with van der Waals surface area (Å²) < 4.78 is 0. The maximum Gasteiger partial charge on any atom is 0.254 e. The molecule has 0 atom stereocenters. The highest BCUT2D eigenvalue weighted by atomic mass is 16.2. The predicted octanol–water partition coefficient (Wildman–Crippen LogP) is 1.30. The van der Waals surface area contributed by atoms with Crippen LogP contribution in [-0.4, -0.2) is 41.1 Å². The Morgan fingerprint density at radius 3 is 3.05 bits per heavy atom. The van der Waals surface area contributed by atoms with Crippen LogP contribution in [0.1, 0.15) is 35.2 Å². The Hall–Kier alpha value is -1.86. The number of carbonyl (C=O) groups excluding carboxylic acids is 1. The molecule has 4 heteroatoms. The molecule has 1 saturated carbocycles. The molecule has 0 radical (unpaired) electrons. The van der Waals surface area contributed by atoms with Crippen molar-refractivity contribution in [2.75, 3.05) is 20.2 Å². The van der Waals surface area contributed by atoms with Crippen LogP contribution in [0.4, 0.5) is 0 Å². The summed E-state index contributed by atoms with van der Waals surface area (Å²) in [6.07, 6.45) is 6.05. The highest BCUT2D eigenvalue weighted by Gasteiger charge is 2.25. The van der Waals surface area contributed by atoms with E-state index in [0.717, 1.165) is 6.54 Å². The van der Waals surface area contributed by atoms with E-state index in [2.05, 4.69) is 16.8 Å². The largest absolute Gasteiger partial charge is 0.395 e. The number of amides is 1. The third kappa shape index (κ3) is 3.80. The van der Waals surface area contributed by atoms with E-state index < -0.39 is 0 Å². The van der Waals surface area contributed by atoms with Crippen molar-refractivity contribution in [3.63, 3.8) is 0 Å². The van der Waals surface area contributed by atoms with E-state index in [-0.39, 0.29) is 12.5 Å². The predicted molar refractivity (Wildman–Crippen MR) is 72.5 cm³/mol. The Morgan fingerprint density at radius 2 is 2.37 bits per heavy atom. The van der Waals surface area contributed by atoms with Gasteiger partial charge in [0.05, 0.1) is 17.7 Å². The molecule has 0 aliphatic heterocycles. The summed E-state index contributed by atoms with van der Waals surface area (Å²) in [5, 5.41) is 8.72. The quantitative estimate of drug-likeness (QED) is 0.828. The fourth-order valence-corrected chi connectivity index (χ4v) is 1.87. The fourth-order valence-electron chi connectivity index (χ4n) is 1.87. The van der Waals surface area contributed by atoms with Crippen LogP contribution in [0.5, 0.6) is 0 Å². The van der Waals surface area contributed by atoms with Gasteiger partial charge in [-0.1, -0.05) is 11.8 Å². The van der Waals surface area contributed by atoms with Crippen LogP contribution in [0.2, 0.25) is 0 Å². The molecule has 1 aromatic rings. The van der Waals surface area contributed by atoms with Crippen LogP contribution >= 0.6 is 0 Å². The van der Waals surface area contributed by atoms with Gasteiger partial charge in [-0.3, -0.25) is 9.78 Å². The molecular weight excluding hydrogens is 240 g/mol. The molecule has 0 bridgehead atoms. The van der Waals surface area contributed by atoms with Gasteiger partial charge in [0, 0.05) is 32.4 Å². The molecule has 0 saturated heterocycles. The third-order valence-electron chi connectivity index (χ3n) is 3.09. The molecule has 2 rings (SSSR count). The molecule has 1 amide bonds. The van der Waals surface area contributed by atoms with Crippen molar-refractivity contribution in [3.05, 3.63) is 29.6 Å². The van der Waals surface area contributed by atoms with Crippen LogP contribution in [0.15, 0.2) is 18.5 Å². The van der Waals surface area contributed by atoms with Gasteiger partial charge in [-0.05, 0) is 24.8 Å². The first kappa shape index (κ1) is 13.6. The van der Waals surface area contributed by atoms with Crippen molar-refractivity contribution in [3.8, 4) is 11.8 Å². The Morgan fingerprint density at radius 1 is 1.58 bits per heavy atom. The first-order valence-electron chi connectivity index (χ1n) is 6.51. The van der Waals surface area contributed by atoms with E-state index in [1.54, 1.807) is 23.4 Å². The van der Waals surface area contributed by atoms with Crippen LogP contribution in [0, 0.1) is 17.8 Å². The molecule has 1 aliphatic carbocycles. The van der Waals surface area contributed by atoms with Gasteiger partial charge in [0.2, 0.25) is 0 Å². The number of aliphatic hydroxyl groups excluding tert-OH is 1. The molecule has 1 fully saturated rings.